The molecule has 1 rings (SSSR count). The zero-order valence-corrected chi connectivity index (χ0v) is 12.3. The van der Waals surface area contributed by atoms with Crippen LogP contribution in [0.4, 0.5) is 4.79 Å². The molecule has 7 nitrogen and oxygen atoms in total. The van der Waals surface area contributed by atoms with Gasteiger partial charge in [-0.2, -0.15) is 0 Å². The molecule has 1 saturated heterocycles. The van der Waals surface area contributed by atoms with Crippen molar-refractivity contribution in [2.75, 3.05) is 40.3 Å². The van der Waals surface area contributed by atoms with E-state index >= 15 is 0 Å². The molecular formula is C13H23N3O4. The first-order chi connectivity index (χ1) is 9.36. The highest BCUT2D eigenvalue weighted by atomic mass is 16.4. The SMILES string of the molecule is CCN(CC(=O)N(C)C)C(=O)N1CCCC(C(=O)O)C1. The molecule has 20 heavy (non-hydrogen) atoms. The Hall–Kier alpha value is -1.79. The largest absolute Gasteiger partial charge is 0.481 e. The van der Waals surface area contributed by atoms with Crippen LogP contribution in [0.1, 0.15) is 19.8 Å². The average Bonchev–Trinajstić information content (AvgIpc) is 2.43. The Morgan fingerprint density at radius 3 is 2.45 bits per heavy atom. The third-order valence-electron chi connectivity index (χ3n) is 3.52. The Morgan fingerprint density at radius 1 is 1.30 bits per heavy atom. The normalized spacial score (nSPS) is 18.6. The standard InChI is InChI=1S/C13H23N3O4/c1-4-15(9-11(17)14(2)3)13(20)16-7-5-6-10(8-16)12(18)19/h10H,4-9H2,1-3H3,(H,18,19). The van der Waals surface area contributed by atoms with Crippen LogP contribution in [-0.2, 0) is 9.59 Å². The topological polar surface area (TPSA) is 81.2 Å². The molecule has 1 atom stereocenters. The summed E-state index contributed by atoms with van der Waals surface area (Å²) in [6, 6.07) is -0.256. The summed E-state index contributed by atoms with van der Waals surface area (Å²) in [5.41, 5.74) is 0. The van der Waals surface area contributed by atoms with Gasteiger partial charge in [0.05, 0.1) is 5.92 Å². The molecule has 7 heteroatoms. The summed E-state index contributed by atoms with van der Waals surface area (Å²) < 4.78 is 0. The van der Waals surface area contributed by atoms with E-state index in [-0.39, 0.29) is 25.0 Å². The Morgan fingerprint density at radius 2 is 1.95 bits per heavy atom. The summed E-state index contributed by atoms with van der Waals surface area (Å²) >= 11 is 0. The molecular weight excluding hydrogens is 262 g/mol. The van der Waals surface area contributed by atoms with E-state index in [0.717, 1.165) is 0 Å². The monoisotopic (exact) mass is 285 g/mol. The first-order valence-corrected chi connectivity index (χ1v) is 6.83. The summed E-state index contributed by atoms with van der Waals surface area (Å²) in [4.78, 5) is 39.5. The fourth-order valence-electron chi connectivity index (χ4n) is 2.17. The van der Waals surface area contributed by atoms with Gasteiger partial charge in [0.2, 0.25) is 5.91 Å². The zero-order valence-electron chi connectivity index (χ0n) is 12.3. The predicted molar refractivity (Wildman–Crippen MR) is 73.3 cm³/mol. The number of hydrogen-bond donors (Lipinski definition) is 1. The Labute approximate surface area is 119 Å². The summed E-state index contributed by atoms with van der Waals surface area (Å²) in [6.07, 6.45) is 1.28. The van der Waals surface area contributed by atoms with E-state index in [9.17, 15) is 14.4 Å². The molecule has 1 fully saturated rings. The number of hydrogen-bond acceptors (Lipinski definition) is 3. The van der Waals surface area contributed by atoms with Gasteiger partial charge in [-0.1, -0.05) is 0 Å². The lowest BCUT2D eigenvalue weighted by molar-refractivity contribution is -0.143. The summed E-state index contributed by atoms with van der Waals surface area (Å²) in [7, 11) is 3.28. The zero-order chi connectivity index (χ0) is 15.3. The van der Waals surface area contributed by atoms with Crippen molar-refractivity contribution in [1.29, 1.82) is 0 Å². The Kier molecular flexibility index (Phi) is 5.79. The quantitative estimate of drug-likeness (QED) is 0.806. The maximum absolute atomic E-state index is 12.3. The van der Waals surface area contributed by atoms with Crippen LogP contribution in [0.3, 0.4) is 0 Å². The van der Waals surface area contributed by atoms with E-state index in [0.29, 0.717) is 25.9 Å². The van der Waals surface area contributed by atoms with Gasteiger partial charge in [0.1, 0.15) is 6.54 Å². The molecule has 3 amide bonds. The highest BCUT2D eigenvalue weighted by molar-refractivity contribution is 5.84. The summed E-state index contributed by atoms with van der Waals surface area (Å²) in [5, 5.41) is 9.04. The van der Waals surface area contributed by atoms with Crippen molar-refractivity contribution in [2.24, 2.45) is 5.92 Å². The van der Waals surface area contributed by atoms with Gasteiger partial charge in [0.25, 0.3) is 0 Å². The van der Waals surface area contributed by atoms with Gasteiger partial charge in [-0.3, -0.25) is 9.59 Å². The first-order valence-electron chi connectivity index (χ1n) is 6.83. The van der Waals surface area contributed by atoms with Gasteiger partial charge in [-0.25, -0.2) is 4.79 Å². The number of piperidine rings is 1. The third-order valence-corrected chi connectivity index (χ3v) is 3.52. The Balaban J connectivity index is 2.66. The van der Waals surface area contributed by atoms with Crippen LogP contribution in [0.2, 0.25) is 0 Å². The second-order valence-corrected chi connectivity index (χ2v) is 5.21. The van der Waals surface area contributed by atoms with E-state index in [1.165, 1.54) is 14.7 Å². The number of carboxylic acid groups (broad SMARTS) is 1. The van der Waals surface area contributed by atoms with Crippen molar-refractivity contribution in [3.8, 4) is 0 Å². The van der Waals surface area contributed by atoms with Gasteiger partial charge < -0.3 is 19.8 Å². The number of carbonyl (C=O) groups excluding carboxylic acids is 2. The number of nitrogens with zero attached hydrogens (tertiary/aromatic N) is 3. The molecule has 0 saturated carbocycles. The highest BCUT2D eigenvalue weighted by Gasteiger charge is 2.30. The lowest BCUT2D eigenvalue weighted by Crippen LogP contribution is -2.51. The van der Waals surface area contributed by atoms with Crippen LogP contribution in [0.5, 0.6) is 0 Å². The predicted octanol–water partition coefficient (Wildman–Crippen LogP) is 0.313. The average molecular weight is 285 g/mol. The van der Waals surface area contributed by atoms with Gasteiger partial charge in [-0.15, -0.1) is 0 Å². The lowest BCUT2D eigenvalue weighted by Gasteiger charge is -2.34. The molecule has 1 aliphatic rings. The van der Waals surface area contributed by atoms with Crippen LogP contribution < -0.4 is 0 Å². The smallest absolute Gasteiger partial charge is 0.320 e. The van der Waals surface area contributed by atoms with Crippen LogP contribution in [0.25, 0.3) is 0 Å². The third kappa shape index (κ3) is 4.11. The number of urea groups is 1. The van der Waals surface area contributed by atoms with Crippen molar-refractivity contribution >= 4 is 17.9 Å². The number of carboxylic acids is 1. The fourth-order valence-corrected chi connectivity index (χ4v) is 2.17. The molecule has 0 radical (unpaired) electrons. The van der Waals surface area contributed by atoms with Crippen molar-refractivity contribution in [1.82, 2.24) is 14.7 Å². The maximum atomic E-state index is 12.3. The first kappa shape index (κ1) is 16.3. The van der Waals surface area contributed by atoms with Gasteiger partial charge >= 0.3 is 12.0 Å². The van der Waals surface area contributed by atoms with E-state index in [1.54, 1.807) is 21.0 Å². The minimum Gasteiger partial charge on any atom is -0.481 e. The van der Waals surface area contributed by atoms with Crippen molar-refractivity contribution in [3.63, 3.8) is 0 Å². The van der Waals surface area contributed by atoms with Gasteiger partial charge in [0.15, 0.2) is 0 Å². The minimum absolute atomic E-state index is 0.0244. The van der Waals surface area contributed by atoms with Gasteiger partial charge in [-0.05, 0) is 19.8 Å². The lowest BCUT2D eigenvalue weighted by atomic mass is 9.99. The molecule has 1 unspecified atom stereocenters. The molecule has 0 aromatic rings. The molecule has 0 bridgehead atoms. The molecule has 0 aliphatic carbocycles. The molecule has 1 N–H and O–H groups in total. The molecule has 1 heterocycles. The molecule has 1 aliphatic heterocycles. The number of likely N-dealkylation sites (N-methyl/N-ethyl adjacent to an activating group) is 2. The number of aliphatic carboxylic acids is 1. The Bertz CT molecular complexity index is 384. The second kappa shape index (κ2) is 7.12. The van der Waals surface area contributed by atoms with Crippen LogP contribution in [0.15, 0.2) is 0 Å². The number of amides is 3. The van der Waals surface area contributed by atoms with Crippen LogP contribution >= 0.6 is 0 Å². The molecule has 114 valence electrons. The van der Waals surface area contributed by atoms with E-state index in [4.69, 9.17) is 5.11 Å². The van der Waals surface area contributed by atoms with E-state index in [2.05, 4.69) is 0 Å². The minimum atomic E-state index is -0.866. The van der Waals surface area contributed by atoms with Crippen molar-refractivity contribution < 1.29 is 19.5 Å². The number of likely N-dealkylation sites (tertiary alicyclic amines) is 1. The second-order valence-electron chi connectivity index (χ2n) is 5.21. The number of carbonyl (C=O) groups is 3. The highest BCUT2D eigenvalue weighted by Crippen LogP contribution is 2.18. The summed E-state index contributed by atoms with van der Waals surface area (Å²) in [6.45, 7) is 3.03. The maximum Gasteiger partial charge on any atom is 0.320 e. The van der Waals surface area contributed by atoms with Crippen LogP contribution in [0, 0.1) is 5.92 Å². The fraction of sp³-hybridized carbons (Fsp3) is 0.769. The van der Waals surface area contributed by atoms with E-state index in [1.807, 2.05) is 0 Å². The molecule has 0 aromatic carbocycles. The van der Waals surface area contributed by atoms with Crippen molar-refractivity contribution in [3.05, 3.63) is 0 Å². The summed E-state index contributed by atoms with van der Waals surface area (Å²) in [5.74, 6) is -1.52. The molecule has 0 spiro atoms. The van der Waals surface area contributed by atoms with E-state index < -0.39 is 11.9 Å². The number of rotatable bonds is 4. The van der Waals surface area contributed by atoms with Crippen LogP contribution in [-0.4, -0.2) is 78.0 Å². The molecule has 0 aromatic heterocycles. The van der Waals surface area contributed by atoms with Gasteiger partial charge in [0, 0.05) is 33.7 Å². The van der Waals surface area contributed by atoms with Crippen molar-refractivity contribution in [2.45, 2.75) is 19.8 Å².